The fraction of sp³-hybridized carbons (Fsp3) is 0.320. The van der Waals surface area contributed by atoms with E-state index in [4.69, 9.17) is 4.74 Å². The average molecular weight is 562 g/mol. The van der Waals surface area contributed by atoms with Crippen LogP contribution in [0.2, 0.25) is 0 Å². The number of methoxy groups -OCH3 is 1. The molecule has 5 nitrogen and oxygen atoms in total. The van der Waals surface area contributed by atoms with E-state index in [9.17, 15) is 9.90 Å². The summed E-state index contributed by atoms with van der Waals surface area (Å²) in [4.78, 5) is 14.0. The van der Waals surface area contributed by atoms with E-state index in [1.807, 2.05) is 30.3 Å². The Kier molecular flexibility index (Phi) is 6.79. The molecule has 0 aliphatic heterocycles. The molecule has 2 aromatic carbocycles. The summed E-state index contributed by atoms with van der Waals surface area (Å²) in [5.74, 6) is 0.858. The molecule has 0 saturated heterocycles. The third-order valence-corrected chi connectivity index (χ3v) is 6.95. The highest BCUT2D eigenvalue weighted by molar-refractivity contribution is 9.11. The third-order valence-electron chi connectivity index (χ3n) is 5.91. The molecule has 0 fully saturated rings. The molecule has 168 valence electrons. The largest absolute Gasteiger partial charge is 0.497 e. The van der Waals surface area contributed by atoms with Gasteiger partial charge in [0.25, 0.3) is 0 Å². The molecule has 1 aliphatic carbocycles. The van der Waals surface area contributed by atoms with Gasteiger partial charge in [0.1, 0.15) is 5.75 Å². The summed E-state index contributed by atoms with van der Waals surface area (Å²) in [7, 11) is 1.60. The highest BCUT2D eigenvalue weighted by atomic mass is 79.9. The zero-order chi connectivity index (χ0) is 23.0. The van der Waals surface area contributed by atoms with E-state index in [-0.39, 0.29) is 12.5 Å². The molecule has 0 saturated carbocycles. The van der Waals surface area contributed by atoms with Crippen molar-refractivity contribution in [2.24, 2.45) is 0 Å². The fourth-order valence-corrected chi connectivity index (χ4v) is 5.61. The van der Waals surface area contributed by atoms with Crippen LogP contribution in [-0.2, 0) is 11.3 Å². The number of aliphatic hydroxyl groups is 1. The van der Waals surface area contributed by atoms with Crippen molar-refractivity contribution in [3.05, 3.63) is 62.7 Å². The topological polar surface area (TPSA) is 54.7 Å². The Morgan fingerprint density at radius 2 is 2.06 bits per heavy atom. The maximum Gasteiger partial charge on any atom is 0.223 e. The van der Waals surface area contributed by atoms with Crippen LogP contribution in [0, 0.1) is 0 Å². The maximum atomic E-state index is 12.4. The highest BCUT2D eigenvalue weighted by Gasteiger charge is 2.27. The number of anilines is 1. The van der Waals surface area contributed by atoms with Gasteiger partial charge in [0, 0.05) is 51.2 Å². The number of carbonyl (C=O) groups is 1. The Bertz CT molecular complexity index is 1200. The van der Waals surface area contributed by atoms with Gasteiger partial charge in [-0.1, -0.05) is 44.8 Å². The molecule has 3 aromatic rings. The van der Waals surface area contributed by atoms with E-state index in [0.29, 0.717) is 23.9 Å². The second-order valence-electron chi connectivity index (χ2n) is 8.25. The van der Waals surface area contributed by atoms with Crippen LogP contribution in [-0.4, -0.2) is 35.3 Å². The van der Waals surface area contributed by atoms with Crippen molar-refractivity contribution in [2.75, 3.05) is 18.6 Å². The van der Waals surface area contributed by atoms with Crippen LogP contribution in [0.5, 0.6) is 5.75 Å². The number of halogens is 2. The van der Waals surface area contributed by atoms with Crippen molar-refractivity contribution in [3.63, 3.8) is 0 Å². The minimum atomic E-state index is -0.741. The number of aromatic nitrogens is 1. The zero-order valence-corrected chi connectivity index (χ0v) is 21.5. The predicted molar refractivity (Wildman–Crippen MR) is 137 cm³/mol. The second kappa shape index (κ2) is 9.41. The molecular weight excluding hydrogens is 536 g/mol. The Labute approximate surface area is 204 Å². The van der Waals surface area contributed by atoms with Crippen LogP contribution in [0.15, 0.2) is 51.4 Å². The molecule has 1 amide bonds. The highest BCUT2D eigenvalue weighted by Crippen LogP contribution is 2.42. The van der Waals surface area contributed by atoms with Gasteiger partial charge in [-0.25, -0.2) is 0 Å². The maximum absolute atomic E-state index is 12.4. The van der Waals surface area contributed by atoms with Gasteiger partial charge in [0.05, 0.1) is 26.3 Å². The van der Waals surface area contributed by atoms with E-state index in [1.165, 1.54) is 22.7 Å². The van der Waals surface area contributed by atoms with Crippen LogP contribution in [0.3, 0.4) is 0 Å². The van der Waals surface area contributed by atoms with Gasteiger partial charge >= 0.3 is 0 Å². The standard InChI is InChI=1S/C25H26Br2N2O3/c1-15-9-18(27)11-23-22-10-17(26)7-8-24(22)29(25(15)23)14-20(31)13-28(16(2)30)19-5-4-6-21(12-19)32-3/h4-8,10-12,15,20,31H,9,13-14H2,1-3H3. The van der Waals surface area contributed by atoms with E-state index >= 15 is 0 Å². The number of benzene rings is 2. The van der Waals surface area contributed by atoms with Crippen LogP contribution in [0.25, 0.3) is 17.0 Å². The zero-order valence-electron chi connectivity index (χ0n) is 18.3. The van der Waals surface area contributed by atoms with Gasteiger partial charge in [-0.3, -0.25) is 4.79 Å². The van der Waals surface area contributed by atoms with Gasteiger partial charge in [-0.05, 0) is 47.3 Å². The first-order valence-corrected chi connectivity index (χ1v) is 12.1. The van der Waals surface area contributed by atoms with Gasteiger partial charge in [0.15, 0.2) is 0 Å². The van der Waals surface area contributed by atoms with E-state index < -0.39 is 6.10 Å². The smallest absolute Gasteiger partial charge is 0.223 e. The quantitative estimate of drug-likeness (QED) is 0.397. The first-order valence-electron chi connectivity index (χ1n) is 10.6. The minimum Gasteiger partial charge on any atom is -0.497 e. The molecule has 0 spiro atoms. The van der Waals surface area contributed by atoms with Gasteiger partial charge in [-0.15, -0.1) is 0 Å². The molecule has 2 atom stereocenters. The Morgan fingerprint density at radius 1 is 1.28 bits per heavy atom. The van der Waals surface area contributed by atoms with Crippen molar-refractivity contribution >= 4 is 60.4 Å². The van der Waals surface area contributed by atoms with E-state index in [2.05, 4.69) is 61.6 Å². The average Bonchev–Trinajstić information content (AvgIpc) is 3.04. The minimum absolute atomic E-state index is 0.124. The number of carbonyl (C=O) groups excluding carboxylic acids is 1. The van der Waals surface area contributed by atoms with Crippen LogP contribution < -0.4 is 9.64 Å². The number of nitrogens with zero attached hydrogens (tertiary/aromatic N) is 2. The molecule has 1 heterocycles. The first-order chi connectivity index (χ1) is 15.3. The molecule has 1 aliphatic rings. The van der Waals surface area contributed by atoms with Crippen molar-refractivity contribution < 1.29 is 14.6 Å². The Hall–Kier alpha value is -2.09. The van der Waals surface area contributed by atoms with Crippen molar-refractivity contribution in [1.82, 2.24) is 4.57 Å². The predicted octanol–water partition coefficient (Wildman–Crippen LogP) is 6.07. The summed E-state index contributed by atoms with van der Waals surface area (Å²) >= 11 is 7.28. The summed E-state index contributed by atoms with van der Waals surface area (Å²) in [6.45, 7) is 4.32. The number of fused-ring (bicyclic) bond motifs is 3. The van der Waals surface area contributed by atoms with E-state index in [1.54, 1.807) is 12.0 Å². The molecule has 2 unspecified atom stereocenters. The number of aliphatic hydroxyl groups excluding tert-OH is 1. The van der Waals surface area contributed by atoms with Crippen molar-refractivity contribution in [1.29, 1.82) is 0 Å². The summed E-state index contributed by atoms with van der Waals surface area (Å²) in [6, 6.07) is 13.6. The van der Waals surface area contributed by atoms with E-state index in [0.717, 1.165) is 21.8 Å². The molecule has 1 N–H and O–H groups in total. The summed E-state index contributed by atoms with van der Waals surface area (Å²) in [5, 5.41) is 12.3. The monoisotopic (exact) mass is 560 g/mol. The Balaban J connectivity index is 1.68. The summed E-state index contributed by atoms with van der Waals surface area (Å²) < 4.78 is 9.71. The number of ether oxygens (including phenoxy) is 1. The Morgan fingerprint density at radius 3 is 2.78 bits per heavy atom. The lowest BCUT2D eigenvalue weighted by molar-refractivity contribution is -0.116. The van der Waals surface area contributed by atoms with Gasteiger partial charge in [-0.2, -0.15) is 0 Å². The lowest BCUT2D eigenvalue weighted by Gasteiger charge is -2.27. The molecule has 1 aromatic heterocycles. The number of hydrogen-bond donors (Lipinski definition) is 1. The molecule has 32 heavy (non-hydrogen) atoms. The van der Waals surface area contributed by atoms with Crippen LogP contribution >= 0.6 is 31.9 Å². The third kappa shape index (κ3) is 4.51. The molecule has 7 heteroatoms. The SMILES string of the molecule is COc1cccc(N(CC(O)Cn2c3c(c4cc(Br)ccc42)C=C(Br)CC3C)C(C)=O)c1. The number of allylic oxidation sites excluding steroid dienone is 1. The van der Waals surface area contributed by atoms with Gasteiger partial charge in [0.2, 0.25) is 5.91 Å². The van der Waals surface area contributed by atoms with Gasteiger partial charge < -0.3 is 19.3 Å². The number of hydrogen-bond acceptors (Lipinski definition) is 3. The summed E-state index contributed by atoms with van der Waals surface area (Å²) in [6.07, 6.45) is 2.37. The molecular formula is C25H26Br2N2O3. The second-order valence-corrected chi connectivity index (χ2v) is 10.2. The molecule has 0 radical (unpaired) electrons. The lowest BCUT2D eigenvalue weighted by atomic mass is 9.93. The first kappa shape index (κ1) is 23.1. The fourth-order valence-electron chi connectivity index (χ4n) is 4.53. The number of rotatable bonds is 6. The normalized spacial score (nSPS) is 16.4. The van der Waals surface area contributed by atoms with Crippen LogP contribution in [0.1, 0.15) is 37.4 Å². The van der Waals surface area contributed by atoms with Crippen molar-refractivity contribution in [2.45, 2.75) is 38.8 Å². The summed E-state index contributed by atoms with van der Waals surface area (Å²) in [5.41, 5.74) is 4.20. The number of amides is 1. The molecule has 0 bridgehead atoms. The van der Waals surface area contributed by atoms with Crippen LogP contribution in [0.4, 0.5) is 5.69 Å². The molecule has 4 rings (SSSR count). The lowest BCUT2D eigenvalue weighted by Crippen LogP contribution is -2.38. The van der Waals surface area contributed by atoms with Crippen molar-refractivity contribution in [3.8, 4) is 5.75 Å².